The van der Waals surface area contributed by atoms with E-state index in [4.69, 9.17) is 0 Å². The van der Waals surface area contributed by atoms with Crippen molar-refractivity contribution in [2.75, 3.05) is 0 Å². The minimum Gasteiger partial charge on any atom is -0.0834 e. The summed E-state index contributed by atoms with van der Waals surface area (Å²) < 4.78 is 0. The fourth-order valence-corrected chi connectivity index (χ4v) is 1.96. The van der Waals surface area contributed by atoms with Crippen molar-refractivity contribution in [3.05, 3.63) is 29.2 Å². The number of allylic oxidation sites excluding steroid dienone is 4. The highest BCUT2D eigenvalue weighted by Gasteiger charge is 2.15. The minimum absolute atomic E-state index is 1.18. The average molecular weight is 193 g/mol. The number of hydrogen-bond acceptors (Lipinski definition) is 0. The van der Waals surface area contributed by atoms with Gasteiger partial charge in [-0.3, -0.25) is 0 Å². The van der Waals surface area contributed by atoms with E-state index in [0.29, 0.717) is 0 Å². The maximum absolute atomic E-state index is 2.30. The van der Waals surface area contributed by atoms with Crippen LogP contribution in [0.5, 0.6) is 0 Å². The number of rotatable bonds is 3. The Morgan fingerprint density at radius 1 is 1.00 bits per heavy atom. The Kier molecular flexibility index (Phi) is 7.55. The van der Waals surface area contributed by atoms with Crippen LogP contribution in [-0.4, -0.2) is 0 Å². The van der Waals surface area contributed by atoms with E-state index in [1.807, 2.05) is 13.8 Å². The Bertz CT molecular complexity index is 196. The molecule has 0 aromatic heterocycles. The molecule has 0 aromatic carbocycles. The molecule has 0 bridgehead atoms. The van der Waals surface area contributed by atoms with Crippen molar-refractivity contribution >= 4 is 0 Å². The molecule has 0 amide bonds. The van der Waals surface area contributed by atoms with Crippen LogP contribution in [0, 0.1) is 5.92 Å². The van der Waals surface area contributed by atoms with Crippen LogP contribution >= 0.6 is 0 Å². The second-order valence-electron chi connectivity index (χ2n) is 3.27. The molecule has 81 valence electrons. The maximum atomic E-state index is 2.30. The van der Waals surface area contributed by atoms with Gasteiger partial charge >= 0.3 is 0 Å². The van der Waals surface area contributed by atoms with Gasteiger partial charge in [-0.25, -0.2) is 0 Å². The van der Waals surface area contributed by atoms with Crippen LogP contribution in [0.2, 0.25) is 0 Å². The van der Waals surface area contributed by atoms with E-state index in [9.17, 15) is 0 Å². The second kappa shape index (κ2) is 7.84. The van der Waals surface area contributed by atoms with E-state index in [2.05, 4.69) is 32.9 Å². The summed E-state index contributed by atoms with van der Waals surface area (Å²) in [6.07, 6.45) is 9.40. The van der Waals surface area contributed by atoms with Crippen LogP contribution in [0.15, 0.2) is 23.3 Å². The zero-order valence-corrected chi connectivity index (χ0v) is 10.5. The summed E-state index contributed by atoms with van der Waals surface area (Å²) in [5.74, 6) is 1.65. The molecule has 0 heteroatoms. The third-order valence-corrected chi connectivity index (χ3v) is 2.66. The van der Waals surface area contributed by atoms with E-state index in [-0.39, 0.29) is 0 Å². The van der Waals surface area contributed by atoms with Gasteiger partial charge in [-0.2, -0.15) is 0 Å². The molecule has 0 atom stereocenters. The first-order valence-electron chi connectivity index (χ1n) is 6.07. The maximum Gasteiger partial charge on any atom is 0.00462 e. The van der Waals surface area contributed by atoms with Gasteiger partial charge in [0, 0.05) is 5.92 Å². The Balaban J connectivity index is 0.000000791. The van der Waals surface area contributed by atoms with Gasteiger partial charge in [0.1, 0.15) is 0 Å². The molecule has 0 spiro atoms. The molecule has 0 heterocycles. The van der Waals surface area contributed by atoms with E-state index < -0.39 is 0 Å². The highest BCUT2D eigenvalue weighted by Crippen LogP contribution is 2.32. The fourth-order valence-electron chi connectivity index (χ4n) is 1.96. The molecule has 1 aliphatic carbocycles. The summed E-state index contributed by atoms with van der Waals surface area (Å²) in [5, 5.41) is 0. The molecule has 0 fully saturated rings. The summed E-state index contributed by atoms with van der Waals surface area (Å²) in [6, 6.07) is 0. The first kappa shape index (κ1) is 13.5. The summed E-state index contributed by atoms with van der Waals surface area (Å²) in [5.41, 5.74) is 3.18. The molecule has 0 nitrogen and oxygen atoms in total. The van der Waals surface area contributed by atoms with Crippen molar-refractivity contribution in [1.82, 2.24) is 0 Å². The standard InChI is InChI=1S/C12H19.C2H6/c1-4-10-8-7-9-11(5-2)12(10)6-3;1-2/h7-8H,4-6,9H2,1-3H3;1-2H3. The van der Waals surface area contributed by atoms with Crippen molar-refractivity contribution in [3.8, 4) is 0 Å². The number of hydrogen-bond donors (Lipinski definition) is 0. The molecular weight excluding hydrogens is 168 g/mol. The molecule has 0 aliphatic heterocycles. The summed E-state index contributed by atoms with van der Waals surface area (Å²) >= 11 is 0. The van der Waals surface area contributed by atoms with Gasteiger partial charge in [-0.15, -0.1) is 0 Å². The van der Waals surface area contributed by atoms with Crippen LogP contribution in [-0.2, 0) is 0 Å². The van der Waals surface area contributed by atoms with Gasteiger partial charge in [0.25, 0.3) is 0 Å². The van der Waals surface area contributed by atoms with E-state index in [1.54, 1.807) is 17.1 Å². The molecule has 1 rings (SSSR count). The third kappa shape index (κ3) is 3.32. The van der Waals surface area contributed by atoms with Crippen LogP contribution in [0.25, 0.3) is 0 Å². The molecule has 14 heavy (non-hydrogen) atoms. The van der Waals surface area contributed by atoms with Crippen LogP contribution in [0.3, 0.4) is 0 Å². The molecule has 0 N–H and O–H groups in total. The van der Waals surface area contributed by atoms with Crippen molar-refractivity contribution in [3.63, 3.8) is 0 Å². The Hall–Kier alpha value is -0.520. The second-order valence-corrected chi connectivity index (χ2v) is 3.27. The third-order valence-electron chi connectivity index (χ3n) is 2.66. The Morgan fingerprint density at radius 2 is 1.64 bits per heavy atom. The highest BCUT2D eigenvalue weighted by molar-refractivity contribution is 5.40. The lowest BCUT2D eigenvalue weighted by Crippen LogP contribution is -2.05. The SMILES string of the molecule is CC.CC[C]1CC=CC(CC)=C1CC. The Labute approximate surface area is 90.1 Å². The highest BCUT2D eigenvalue weighted by atomic mass is 14.2. The van der Waals surface area contributed by atoms with Crippen LogP contribution < -0.4 is 0 Å². The van der Waals surface area contributed by atoms with Crippen molar-refractivity contribution < 1.29 is 0 Å². The van der Waals surface area contributed by atoms with E-state index in [0.717, 1.165) is 0 Å². The van der Waals surface area contributed by atoms with Crippen molar-refractivity contribution in [2.45, 2.75) is 60.3 Å². The topological polar surface area (TPSA) is 0 Å². The van der Waals surface area contributed by atoms with Crippen molar-refractivity contribution in [2.24, 2.45) is 0 Å². The van der Waals surface area contributed by atoms with Gasteiger partial charge in [-0.05, 0) is 31.3 Å². The fraction of sp³-hybridized carbons (Fsp3) is 0.643. The zero-order valence-electron chi connectivity index (χ0n) is 10.5. The largest absolute Gasteiger partial charge is 0.0834 e. The Morgan fingerprint density at radius 3 is 2.07 bits per heavy atom. The first-order chi connectivity index (χ1) is 6.83. The molecular formula is C14H25. The van der Waals surface area contributed by atoms with Gasteiger partial charge in [0.05, 0.1) is 0 Å². The molecule has 0 saturated carbocycles. The van der Waals surface area contributed by atoms with Gasteiger partial charge in [0.15, 0.2) is 0 Å². The van der Waals surface area contributed by atoms with E-state index >= 15 is 0 Å². The van der Waals surface area contributed by atoms with Crippen LogP contribution in [0.4, 0.5) is 0 Å². The molecule has 0 saturated heterocycles. The van der Waals surface area contributed by atoms with Crippen LogP contribution in [0.1, 0.15) is 60.3 Å². The lowest BCUT2D eigenvalue weighted by atomic mass is 9.83. The predicted molar refractivity (Wildman–Crippen MR) is 66.2 cm³/mol. The lowest BCUT2D eigenvalue weighted by molar-refractivity contribution is 0.810. The molecule has 1 radical (unpaired) electrons. The quantitative estimate of drug-likeness (QED) is 0.586. The monoisotopic (exact) mass is 193 g/mol. The smallest absolute Gasteiger partial charge is 0.00462 e. The van der Waals surface area contributed by atoms with Gasteiger partial charge < -0.3 is 0 Å². The molecule has 1 aliphatic rings. The summed E-state index contributed by atoms with van der Waals surface area (Å²) in [4.78, 5) is 0. The molecule has 0 aromatic rings. The van der Waals surface area contributed by atoms with Crippen molar-refractivity contribution in [1.29, 1.82) is 0 Å². The predicted octanol–water partition coefficient (Wildman–Crippen LogP) is 5.07. The normalized spacial score (nSPS) is 16.6. The zero-order chi connectivity index (χ0) is 11.0. The summed E-state index contributed by atoms with van der Waals surface area (Å²) in [6.45, 7) is 10.8. The van der Waals surface area contributed by atoms with E-state index in [1.165, 1.54) is 25.7 Å². The van der Waals surface area contributed by atoms with Gasteiger partial charge in [-0.1, -0.05) is 52.3 Å². The van der Waals surface area contributed by atoms with Gasteiger partial charge in [0.2, 0.25) is 0 Å². The average Bonchev–Trinajstić information content (AvgIpc) is 2.30. The first-order valence-corrected chi connectivity index (χ1v) is 6.07. The lowest BCUT2D eigenvalue weighted by Gasteiger charge is -2.22. The molecule has 0 unspecified atom stereocenters. The summed E-state index contributed by atoms with van der Waals surface area (Å²) in [7, 11) is 0. The minimum atomic E-state index is 1.18.